The van der Waals surface area contributed by atoms with Crippen LogP contribution in [-0.4, -0.2) is 59.8 Å². The predicted octanol–water partition coefficient (Wildman–Crippen LogP) is 1.41. The number of urea groups is 1. The van der Waals surface area contributed by atoms with Crippen LogP contribution in [0.4, 0.5) is 15.4 Å². The van der Waals surface area contributed by atoms with Gasteiger partial charge in [-0.05, 0) is 32.9 Å². The number of rotatable bonds is 3. The summed E-state index contributed by atoms with van der Waals surface area (Å²) in [5, 5.41) is 8.71. The Bertz CT molecular complexity index is 559. The Morgan fingerprint density at radius 3 is 2.88 bits per heavy atom. The van der Waals surface area contributed by atoms with Gasteiger partial charge in [0.25, 0.3) is 0 Å². The maximum Gasteiger partial charge on any atom is 0.410 e. The lowest BCUT2D eigenvalue weighted by molar-refractivity contribution is 0.0197. The normalized spacial score (nSPS) is 18.0. The highest BCUT2D eigenvalue weighted by molar-refractivity contribution is 5.88. The Hall–Kier alpha value is -2.35. The number of aromatic nitrogens is 1. The van der Waals surface area contributed by atoms with Crippen LogP contribution < -0.4 is 16.0 Å². The van der Waals surface area contributed by atoms with E-state index in [-0.39, 0.29) is 18.2 Å². The lowest BCUT2D eigenvalue weighted by atomic mass is 10.2. The van der Waals surface area contributed by atoms with Crippen LogP contribution in [0.5, 0.6) is 0 Å². The molecule has 0 aromatic carbocycles. The van der Waals surface area contributed by atoms with Gasteiger partial charge in [-0.15, -0.1) is 0 Å². The standard InChI is InChI=1S/C16H25N5O3/c1-16(2,3)24-15(23)21-9-8-17-12(11-21)10-19-14(22)20-13-6-4-5-7-18-13/h4-7,12,17H,8-11H2,1-3H3,(H2,18,19,20,22). The van der Waals surface area contributed by atoms with Gasteiger partial charge in [-0.2, -0.15) is 0 Å². The highest BCUT2D eigenvalue weighted by atomic mass is 16.6. The van der Waals surface area contributed by atoms with E-state index in [9.17, 15) is 9.59 Å². The first kappa shape index (κ1) is 18.0. The molecule has 8 heteroatoms. The summed E-state index contributed by atoms with van der Waals surface area (Å²) in [5.74, 6) is 0.488. The molecule has 1 atom stereocenters. The van der Waals surface area contributed by atoms with Crippen molar-refractivity contribution in [3.8, 4) is 0 Å². The first-order chi connectivity index (χ1) is 11.3. The van der Waals surface area contributed by atoms with Crippen molar-refractivity contribution in [3.05, 3.63) is 24.4 Å². The maximum atomic E-state index is 12.1. The van der Waals surface area contributed by atoms with Gasteiger partial charge in [-0.1, -0.05) is 6.07 Å². The topological polar surface area (TPSA) is 95.6 Å². The summed E-state index contributed by atoms with van der Waals surface area (Å²) in [6, 6.07) is 4.93. The van der Waals surface area contributed by atoms with E-state index >= 15 is 0 Å². The quantitative estimate of drug-likeness (QED) is 0.776. The molecule has 24 heavy (non-hydrogen) atoms. The third-order valence-corrected chi connectivity index (χ3v) is 3.32. The smallest absolute Gasteiger partial charge is 0.410 e. The summed E-state index contributed by atoms with van der Waals surface area (Å²) in [6.07, 6.45) is 1.28. The van der Waals surface area contributed by atoms with Crippen molar-refractivity contribution in [2.24, 2.45) is 0 Å². The van der Waals surface area contributed by atoms with Crippen molar-refractivity contribution in [1.82, 2.24) is 20.5 Å². The average molecular weight is 335 g/mol. The summed E-state index contributed by atoms with van der Waals surface area (Å²) in [7, 11) is 0. The van der Waals surface area contributed by atoms with Crippen molar-refractivity contribution in [3.63, 3.8) is 0 Å². The number of piperazine rings is 1. The van der Waals surface area contributed by atoms with Gasteiger partial charge in [0, 0.05) is 38.4 Å². The van der Waals surface area contributed by atoms with Crippen molar-refractivity contribution < 1.29 is 14.3 Å². The molecule has 0 aliphatic carbocycles. The molecule has 1 aromatic heterocycles. The van der Waals surface area contributed by atoms with Crippen molar-refractivity contribution >= 4 is 17.9 Å². The van der Waals surface area contributed by atoms with E-state index in [4.69, 9.17) is 4.74 Å². The molecule has 132 valence electrons. The van der Waals surface area contributed by atoms with Gasteiger partial charge >= 0.3 is 12.1 Å². The second-order valence-corrected chi connectivity index (χ2v) is 6.63. The minimum absolute atomic E-state index is 0.0271. The first-order valence-corrected chi connectivity index (χ1v) is 8.01. The van der Waals surface area contributed by atoms with E-state index in [1.807, 2.05) is 20.8 Å². The summed E-state index contributed by atoms with van der Waals surface area (Å²) in [5.41, 5.74) is -0.516. The van der Waals surface area contributed by atoms with Crippen LogP contribution in [0.2, 0.25) is 0 Å². The minimum Gasteiger partial charge on any atom is -0.444 e. The Labute approximate surface area is 142 Å². The van der Waals surface area contributed by atoms with Gasteiger partial charge in [-0.3, -0.25) is 5.32 Å². The van der Waals surface area contributed by atoms with Crippen LogP contribution in [0.25, 0.3) is 0 Å². The number of hydrogen-bond donors (Lipinski definition) is 3. The molecule has 0 saturated carbocycles. The molecule has 1 saturated heterocycles. The largest absolute Gasteiger partial charge is 0.444 e. The van der Waals surface area contributed by atoms with Gasteiger partial charge in [0.15, 0.2) is 0 Å². The second kappa shape index (κ2) is 7.96. The number of anilines is 1. The molecule has 3 N–H and O–H groups in total. The second-order valence-electron chi connectivity index (χ2n) is 6.63. The molecular formula is C16H25N5O3. The van der Waals surface area contributed by atoms with Crippen molar-refractivity contribution in [2.75, 3.05) is 31.5 Å². The summed E-state index contributed by atoms with van der Waals surface area (Å²) in [4.78, 5) is 29.7. The summed E-state index contributed by atoms with van der Waals surface area (Å²) in [6.45, 7) is 7.66. The van der Waals surface area contributed by atoms with Crippen LogP contribution >= 0.6 is 0 Å². The van der Waals surface area contributed by atoms with E-state index < -0.39 is 5.60 Å². The highest BCUT2D eigenvalue weighted by Crippen LogP contribution is 2.11. The van der Waals surface area contributed by atoms with E-state index in [1.54, 1.807) is 29.3 Å². The average Bonchev–Trinajstić information content (AvgIpc) is 2.53. The number of pyridine rings is 1. The monoisotopic (exact) mass is 335 g/mol. The fourth-order valence-electron chi connectivity index (χ4n) is 2.27. The Morgan fingerprint density at radius 1 is 1.42 bits per heavy atom. The molecule has 1 unspecified atom stereocenters. The van der Waals surface area contributed by atoms with Gasteiger partial charge in [0.1, 0.15) is 11.4 Å². The zero-order chi connectivity index (χ0) is 17.6. The number of amides is 3. The molecule has 0 radical (unpaired) electrons. The Balaban J connectivity index is 1.76. The van der Waals surface area contributed by atoms with Crippen LogP contribution in [-0.2, 0) is 4.74 Å². The molecule has 1 fully saturated rings. The molecule has 2 heterocycles. The summed E-state index contributed by atoms with van der Waals surface area (Å²) >= 11 is 0. The number of ether oxygens (including phenoxy) is 1. The fraction of sp³-hybridized carbons (Fsp3) is 0.562. The highest BCUT2D eigenvalue weighted by Gasteiger charge is 2.27. The molecule has 1 aliphatic heterocycles. The number of nitrogens with zero attached hydrogens (tertiary/aromatic N) is 2. The molecular weight excluding hydrogens is 310 g/mol. The zero-order valence-corrected chi connectivity index (χ0v) is 14.3. The summed E-state index contributed by atoms with van der Waals surface area (Å²) < 4.78 is 5.38. The van der Waals surface area contributed by atoms with Crippen LogP contribution in [0.1, 0.15) is 20.8 Å². The van der Waals surface area contributed by atoms with Crippen molar-refractivity contribution in [1.29, 1.82) is 0 Å². The SMILES string of the molecule is CC(C)(C)OC(=O)N1CCNC(CNC(=O)Nc2ccccn2)C1. The van der Waals surface area contributed by atoms with Gasteiger partial charge in [0.05, 0.1) is 0 Å². The van der Waals surface area contributed by atoms with E-state index in [0.29, 0.717) is 32.0 Å². The van der Waals surface area contributed by atoms with E-state index in [1.165, 1.54) is 0 Å². The van der Waals surface area contributed by atoms with Crippen LogP contribution in [0, 0.1) is 0 Å². The van der Waals surface area contributed by atoms with Gasteiger partial charge < -0.3 is 20.3 Å². The number of hydrogen-bond acceptors (Lipinski definition) is 5. The fourth-order valence-corrected chi connectivity index (χ4v) is 2.27. The van der Waals surface area contributed by atoms with E-state index in [0.717, 1.165) is 0 Å². The number of nitrogens with one attached hydrogen (secondary N) is 3. The van der Waals surface area contributed by atoms with Gasteiger partial charge in [-0.25, -0.2) is 14.6 Å². The Kier molecular flexibility index (Phi) is 5.97. The molecule has 1 aromatic rings. The molecule has 3 amide bonds. The maximum absolute atomic E-state index is 12.1. The first-order valence-electron chi connectivity index (χ1n) is 8.01. The van der Waals surface area contributed by atoms with Crippen LogP contribution in [0.3, 0.4) is 0 Å². The third kappa shape index (κ3) is 6.04. The third-order valence-electron chi connectivity index (χ3n) is 3.32. The lowest BCUT2D eigenvalue weighted by Gasteiger charge is -2.34. The molecule has 0 bridgehead atoms. The molecule has 0 spiro atoms. The number of carbonyl (C=O) groups excluding carboxylic acids is 2. The minimum atomic E-state index is -0.516. The lowest BCUT2D eigenvalue weighted by Crippen LogP contribution is -2.57. The molecule has 8 nitrogen and oxygen atoms in total. The predicted molar refractivity (Wildman–Crippen MR) is 90.9 cm³/mol. The molecule has 1 aliphatic rings. The van der Waals surface area contributed by atoms with E-state index in [2.05, 4.69) is 20.9 Å². The Morgan fingerprint density at radius 2 is 2.21 bits per heavy atom. The molecule has 2 rings (SSSR count). The number of carbonyl (C=O) groups is 2. The van der Waals surface area contributed by atoms with Gasteiger partial charge in [0.2, 0.25) is 0 Å². The zero-order valence-electron chi connectivity index (χ0n) is 14.3. The van der Waals surface area contributed by atoms with Crippen molar-refractivity contribution in [2.45, 2.75) is 32.4 Å². The van der Waals surface area contributed by atoms with Crippen LogP contribution in [0.15, 0.2) is 24.4 Å².